The number of likely N-dealkylation sites (tertiary alicyclic amines) is 1. The lowest BCUT2D eigenvalue weighted by atomic mass is 10.1. The van der Waals surface area contributed by atoms with Crippen LogP contribution < -0.4 is 10.6 Å². The van der Waals surface area contributed by atoms with E-state index in [1.54, 1.807) is 19.0 Å². The van der Waals surface area contributed by atoms with Gasteiger partial charge in [-0.15, -0.1) is 0 Å². The molecule has 1 amide bonds. The van der Waals surface area contributed by atoms with Crippen LogP contribution in [-0.4, -0.2) is 68.5 Å². The van der Waals surface area contributed by atoms with Crippen LogP contribution in [0.25, 0.3) is 0 Å². The Morgan fingerprint density at radius 2 is 1.85 bits per heavy atom. The molecule has 1 aromatic carbocycles. The van der Waals surface area contributed by atoms with Gasteiger partial charge in [0.2, 0.25) is 0 Å². The van der Waals surface area contributed by atoms with Gasteiger partial charge in [0.1, 0.15) is 0 Å². The normalized spacial score (nSPS) is 16.2. The van der Waals surface area contributed by atoms with Gasteiger partial charge in [0, 0.05) is 39.3 Å². The second-order valence-corrected chi connectivity index (χ2v) is 7.59. The average Bonchev–Trinajstić information content (AvgIpc) is 3.16. The molecule has 1 aromatic rings. The number of carbonyl (C=O) groups is 1. The van der Waals surface area contributed by atoms with Crippen LogP contribution in [0.2, 0.25) is 0 Å². The van der Waals surface area contributed by atoms with Crippen molar-refractivity contribution < 1.29 is 4.79 Å². The first-order valence-electron chi connectivity index (χ1n) is 10.0. The van der Waals surface area contributed by atoms with Crippen molar-refractivity contribution in [3.8, 4) is 0 Å². The average molecular weight is 374 g/mol. The number of nitrogens with zero attached hydrogens (tertiary/aromatic N) is 3. The topological polar surface area (TPSA) is 60.0 Å². The number of hydrogen-bond acceptors (Lipinski definition) is 3. The van der Waals surface area contributed by atoms with Crippen LogP contribution in [0.1, 0.15) is 42.6 Å². The number of aliphatic imine (C=N–C) groups is 1. The molecule has 0 spiro atoms. The van der Waals surface area contributed by atoms with Crippen molar-refractivity contribution in [2.24, 2.45) is 10.9 Å². The Kier molecular flexibility index (Phi) is 8.58. The van der Waals surface area contributed by atoms with Crippen molar-refractivity contribution in [1.82, 2.24) is 20.4 Å². The zero-order valence-corrected chi connectivity index (χ0v) is 17.3. The first-order valence-corrected chi connectivity index (χ1v) is 10.0. The third-order valence-electron chi connectivity index (χ3n) is 4.76. The Hall–Kier alpha value is -2.08. The number of rotatable bonds is 8. The highest BCUT2D eigenvalue weighted by atomic mass is 16.2. The van der Waals surface area contributed by atoms with Gasteiger partial charge in [-0.2, -0.15) is 0 Å². The predicted molar refractivity (Wildman–Crippen MR) is 112 cm³/mol. The molecule has 1 fully saturated rings. The fourth-order valence-corrected chi connectivity index (χ4v) is 3.26. The van der Waals surface area contributed by atoms with Crippen LogP contribution in [0.5, 0.6) is 0 Å². The Balaban J connectivity index is 1.85. The molecule has 6 heteroatoms. The van der Waals surface area contributed by atoms with Crippen molar-refractivity contribution >= 4 is 11.9 Å². The highest BCUT2D eigenvalue weighted by Crippen LogP contribution is 2.10. The van der Waals surface area contributed by atoms with E-state index in [1.807, 2.05) is 24.3 Å². The lowest BCUT2D eigenvalue weighted by molar-refractivity contribution is 0.0827. The molecular formula is C21H35N5O. The largest absolute Gasteiger partial charge is 0.357 e. The number of benzene rings is 1. The van der Waals surface area contributed by atoms with E-state index < -0.39 is 0 Å². The first-order chi connectivity index (χ1) is 13.0. The van der Waals surface area contributed by atoms with Gasteiger partial charge in [-0.3, -0.25) is 4.79 Å². The number of carbonyl (C=O) groups excluding carboxylic acids is 1. The molecule has 27 heavy (non-hydrogen) atoms. The smallest absolute Gasteiger partial charge is 0.253 e. The standard InChI is InChI=1S/C21H35N5O/c1-5-22-21(23-14-17(2)16-26-12-6-7-13-26)24-15-18-8-10-19(11-9-18)20(27)25(3)4/h8-11,17H,5-7,12-16H2,1-4H3,(H2,22,23,24). The number of nitrogens with one attached hydrogen (secondary N) is 2. The quantitative estimate of drug-likeness (QED) is 0.542. The van der Waals surface area contributed by atoms with Gasteiger partial charge in [0.25, 0.3) is 5.91 Å². The second-order valence-electron chi connectivity index (χ2n) is 7.59. The van der Waals surface area contributed by atoms with E-state index in [1.165, 1.54) is 25.9 Å². The molecule has 0 aliphatic carbocycles. The van der Waals surface area contributed by atoms with Crippen molar-refractivity contribution in [3.63, 3.8) is 0 Å². The summed E-state index contributed by atoms with van der Waals surface area (Å²) in [5.41, 5.74) is 1.79. The minimum atomic E-state index is 0.0204. The van der Waals surface area contributed by atoms with Crippen LogP contribution in [0.3, 0.4) is 0 Å². The van der Waals surface area contributed by atoms with Crippen molar-refractivity contribution in [1.29, 1.82) is 0 Å². The van der Waals surface area contributed by atoms with Crippen molar-refractivity contribution in [2.75, 3.05) is 46.8 Å². The van der Waals surface area contributed by atoms with Crippen LogP contribution in [0.15, 0.2) is 29.3 Å². The van der Waals surface area contributed by atoms with Gasteiger partial charge >= 0.3 is 0 Å². The summed E-state index contributed by atoms with van der Waals surface area (Å²) in [5.74, 6) is 1.45. The van der Waals surface area contributed by atoms with Gasteiger partial charge in [0.15, 0.2) is 5.96 Å². The molecule has 1 unspecified atom stereocenters. The molecule has 6 nitrogen and oxygen atoms in total. The minimum Gasteiger partial charge on any atom is -0.357 e. The SMILES string of the molecule is CCNC(=NCc1ccc(C(=O)N(C)C)cc1)NCC(C)CN1CCCC1. The van der Waals surface area contributed by atoms with Crippen LogP contribution in [-0.2, 0) is 6.54 Å². The zero-order chi connectivity index (χ0) is 19.6. The maximum absolute atomic E-state index is 12.0. The van der Waals surface area contributed by atoms with E-state index >= 15 is 0 Å². The zero-order valence-electron chi connectivity index (χ0n) is 17.3. The summed E-state index contributed by atoms with van der Waals surface area (Å²) in [6.45, 7) is 10.3. The molecule has 0 saturated carbocycles. The summed E-state index contributed by atoms with van der Waals surface area (Å²) in [6, 6.07) is 7.68. The third-order valence-corrected chi connectivity index (χ3v) is 4.76. The summed E-state index contributed by atoms with van der Waals surface area (Å²) in [5, 5.41) is 6.77. The summed E-state index contributed by atoms with van der Waals surface area (Å²) >= 11 is 0. The van der Waals surface area contributed by atoms with E-state index in [9.17, 15) is 4.79 Å². The fraction of sp³-hybridized carbons (Fsp3) is 0.619. The summed E-state index contributed by atoms with van der Waals surface area (Å²) in [7, 11) is 3.53. The third kappa shape index (κ3) is 7.21. The maximum atomic E-state index is 12.0. The Labute approximate surface area is 164 Å². The predicted octanol–water partition coefficient (Wildman–Crippen LogP) is 2.18. The summed E-state index contributed by atoms with van der Waals surface area (Å²) in [6.07, 6.45) is 2.67. The monoisotopic (exact) mass is 373 g/mol. The maximum Gasteiger partial charge on any atom is 0.253 e. The summed E-state index contributed by atoms with van der Waals surface area (Å²) < 4.78 is 0. The molecule has 1 aliphatic rings. The highest BCUT2D eigenvalue weighted by molar-refractivity contribution is 5.93. The molecule has 1 saturated heterocycles. The summed E-state index contributed by atoms with van der Waals surface area (Å²) in [4.78, 5) is 20.8. The minimum absolute atomic E-state index is 0.0204. The Bertz CT molecular complexity index is 606. The molecular weight excluding hydrogens is 338 g/mol. The van der Waals surface area contributed by atoms with E-state index in [0.29, 0.717) is 18.0 Å². The molecule has 1 heterocycles. The van der Waals surface area contributed by atoms with Crippen LogP contribution >= 0.6 is 0 Å². The van der Waals surface area contributed by atoms with Crippen LogP contribution in [0, 0.1) is 5.92 Å². The molecule has 0 bridgehead atoms. The molecule has 2 N–H and O–H groups in total. The Morgan fingerprint density at radius 1 is 1.19 bits per heavy atom. The van der Waals surface area contributed by atoms with Crippen molar-refractivity contribution in [3.05, 3.63) is 35.4 Å². The first kappa shape index (κ1) is 21.2. The van der Waals surface area contributed by atoms with Gasteiger partial charge in [0.05, 0.1) is 6.54 Å². The fourth-order valence-electron chi connectivity index (χ4n) is 3.26. The van der Waals surface area contributed by atoms with Crippen LogP contribution in [0.4, 0.5) is 0 Å². The van der Waals surface area contributed by atoms with E-state index in [2.05, 4.69) is 34.4 Å². The molecule has 1 aliphatic heterocycles. The van der Waals surface area contributed by atoms with Gasteiger partial charge in [-0.1, -0.05) is 19.1 Å². The molecule has 0 aromatic heterocycles. The molecule has 2 rings (SSSR count). The van der Waals surface area contributed by atoms with Crippen molar-refractivity contribution in [2.45, 2.75) is 33.2 Å². The second kappa shape index (κ2) is 10.9. The molecule has 0 radical (unpaired) electrons. The van der Waals surface area contributed by atoms with E-state index in [4.69, 9.17) is 0 Å². The number of guanidine groups is 1. The van der Waals surface area contributed by atoms with E-state index in [0.717, 1.165) is 31.2 Å². The van der Waals surface area contributed by atoms with Gasteiger partial charge in [-0.05, 0) is 56.5 Å². The highest BCUT2D eigenvalue weighted by Gasteiger charge is 2.14. The Morgan fingerprint density at radius 3 is 2.44 bits per heavy atom. The van der Waals surface area contributed by atoms with Gasteiger partial charge in [-0.25, -0.2) is 4.99 Å². The number of amides is 1. The lowest BCUT2D eigenvalue weighted by Crippen LogP contribution is -2.41. The molecule has 1 atom stereocenters. The lowest BCUT2D eigenvalue weighted by Gasteiger charge is -2.21. The number of hydrogen-bond donors (Lipinski definition) is 2. The molecule has 150 valence electrons. The van der Waals surface area contributed by atoms with E-state index in [-0.39, 0.29) is 5.91 Å². The van der Waals surface area contributed by atoms with Gasteiger partial charge < -0.3 is 20.4 Å².